The van der Waals surface area contributed by atoms with Crippen LogP contribution in [-0.4, -0.2) is 78.2 Å². The average molecular weight is 559 g/mol. The molecule has 0 radical (unpaired) electrons. The topological polar surface area (TPSA) is 110 Å². The molecule has 1 aromatic heterocycles. The number of hydrogen-bond donors (Lipinski definition) is 1. The number of hydrogen-bond acceptors (Lipinski definition) is 7. The SMILES string of the molecule is COc1ccc(C(=O)N2CCC3(CC2)OCC(C(=O)NCc2cccnc2)N3C(=O)c2ccccc2C)cc1OC. The third-order valence-corrected chi connectivity index (χ3v) is 7.81. The van der Waals surface area contributed by atoms with E-state index in [-0.39, 0.29) is 30.9 Å². The van der Waals surface area contributed by atoms with E-state index in [1.54, 1.807) is 59.6 Å². The Balaban J connectivity index is 1.36. The second-order valence-electron chi connectivity index (χ2n) is 10.2. The Bertz CT molecular complexity index is 1420. The third-order valence-electron chi connectivity index (χ3n) is 7.81. The number of nitrogens with one attached hydrogen (secondary N) is 1. The normalized spacial score (nSPS) is 17.8. The van der Waals surface area contributed by atoms with E-state index in [0.29, 0.717) is 48.6 Å². The zero-order chi connectivity index (χ0) is 29.0. The molecule has 3 aromatic rings. The summed E-state index contributed by atoms with van der Waals surface area (Å²) in [5.74, 6) is 0.306. The first kappa shape index (κ1) is 28.1. The number of ether oxygens (including phenoxy) is 3. The lowest BCUT2D eigenvalue weighted by Crippen LogP contribution is -2.59. The minimum atomic E-state index is -1.01. The highest BCUT2D eigenvalue weighted by atomic mass is 16.5. The number of carbonyl (C=O) groups is 3. The lowest BCUT2D eigenvalue weighted by molar-refractivity contribution is -0.128. The number of likely N-dealkylation sites (tertiary alicyclic amines) is 1. The molecule has 3 heterocycles. The molecule has 10 heteroatoms. The third kappa shape index (κ3) is 5.60. The Morgan fingerprint density at radius 2 is 1.76 bits per heavy atom. The number of amides is 3. The van der Waals surface area contributed by atoms with E-state index in [4.69, 9.17) is 14.2 Å². The zero-order valence-electron chi connectivity index (χ0n) is 23.5. The highest BCUT2D eigenvalue weighted by Crippen LogP contribution is 2.39. The Labute approximate surface area is 239 Å². The quantitative estimate of drug-likeness (QED) is 0.474. The van der Waals surface area contributed by atoms with Crippen LogP contribution < -0.4 is 14.8 Å². The maximum Gasteiger partial charge on any atom is 0.257 e. The van der Waals surface area contributed by atoms with Crippen molar-refractivity contribution in [3.05, 3.63) is 89.2 Å². The smallest absolute Gasteiger partial charge is 0.257 e. The minimum Gasteiger partial charge on any atom is -0.493 e. The molecule has 1 atom stereocenters. The number of rotatable bonds is 7. The highest BCUT2D eigenvalue weighted by Gasteiger charge is 2.54. The monoisotopic (exact) mass is 558 g/mol. The molecule has 0 bridgehead atoms. The molecular formula is C31H34N4O6. The van der Waals surface area contributed by atoms with Crippen LogP contribution in [0.4, 0.5) is 0 Å². The van der Waals surface area contributed by atoms with Crippen molar-refractivity contribution in [1.29, 1.82) is 0 Å². The molecule has 41 heavy (non-hydrogen) atoms. The molecule has 0 aliphatic carbocycles. The van der Waals surface area contributed by atoms with Gasteiger partial charge in [0.25, 0.3) is 11.8 Å². The van der Waals surface area contributed by atoms with Gasteiger partial charge in [-0.2, -0.15) is 0 Å². The molecule has 10 nitrogen and oxygen atoms in total. The van der Waals surface area contributed by atoms with E-state index >= 15 is 0 Å². The first-order valence-corrected chi connectivity index (χ1v) is 13.6. The lowest BCUT2D eigenvalue weighted by atomic mass is 9.95. The second-order valence-corrected chi connectivity index (χ2v) is 10.2. The molecule has 2 aliphatic heterocycles. The van der Waals surface area contributed by atoms with Crippen LogP contribution in [0.25, 0.3) is 0 Å². The van der Waals surface area contributed by atoms with Gasteiger partial charge in [-0.25, -0.2) is 0 Å². The van der Waals surface area contributed by atoms with Crippen molar-refractivity contribution in [3.63, 3.8) is 0 Å². The Morgan fingerprint density at radius 3 is 2.44 bits per heavy atom. The Kier molecular flexibility index (Phi) is 8.21. The number of benzene rings is 2. The van der Waals surface area contributed by atoms with Crippen molar-refractivity contribution in [1.82, 2.24) is 20.1 Å². The molecule has 5 rings (SSSR count). The molecule has 2 fully saturated rings. The number of aryl methyl sites for hydroxylation is 1. The van der Waals surface area contributed by atoms with Crippen LogP contribution in [0.2, 0.25) is 0 Å². The number of piperidine rings is 1. The number of carbonyl (C=O) groups excluding carboxylic acids is 3. The summed E-state index contributed by atoms with van der Waals surface area (Å²) in [7, 11) is 3.07. The predicted octanol–water partition coefficient (Wildman–Crippen LogP) is 3.20. The summed E-state index contributed by atoms with van der Waals surface area (Å²) >= 11 is 0. The van der Waals surface area contributed by atoms with Gasteiger partial charge in [-0.1, -0.05) is 24.3 Å². The molecule has 2 aromatic carbocycles. The summed E-state index contributed by atoms with van der Waals surface area (Å²) in [5.41, 5.74) is 1.66. The molecule has 3 amide bonds. The van der Waals surface area contributed by atoms with Crippen LogP contribution in [-0.2, 0) is 16.1 Å². The van der Waals surface area contributed by atoms with Gasteiger partial charge in [0, 0.05) is 56.0 Å². The number of pyridine rings is 1. The largest absolute Gasteiger partial charge is 0.493 e. The average Bonchev–Trinajstić information content (AvgIpc) is 3.38. The molecular weight excluding hydrogens is 524 g/mol. The number of aromatic nitrogens is 1. The van der Waals surface area contributed by atoms with E-state index < -0.39 is 11.8 Å². The molecule has 2 saturated heterocycles. The first-order chi connectivity index (χ1) is 19.9. The van der Waals surface area contributed by atoms with Gasteiger partial charge in [0.05, 0.1) is 20.8 Å². The molecule has 1 spiro atoms. The van der Waals surface area contributed by atoms with Gasteiger partial charge in [0.1, 0.15) is 11.8 Å². The van der Waals surface area contributed by atoms with E-state index in [1.807, 2.05) is 31.2 Å². The van der Waals surface area contributed by atoms with Crippen molar-refractivity contribution in [2.24, 2.45) is 0 Å². The molecule has 2 aliphatic rings. The van der Waals surface area contributed by atoms with E-state index in [2.05, 4.69) is 10.3 Å². The Hall–Kier alpha value is -4.44. The molecule has 1 unspecified atom stereocenters. The summed E-state index contributed by atoms with van der Waals surface area (Å²) in [6.45, 7) is 2.94. The van der Waals surface area contributed by atoms with Crippen molar-refractivity contribution in [3.8, 4) is 11.5 Å². The molecule has 1 N–H and O–H groups in total. The molecule has 214 valence electrons. The fraction of sp³-hybridized carbons (Fsp3) is 0.355. The van der Waals surface area contributed by atoms with E-state index in [0.717, 1.165) is 11.1 Å². The van der Waals surface area contributed by atoms with Gasteiger partial charge in [0.2, 0.25) is 5.91 Å². The summed E-state index contributed by atoms with van der Waals surface area (Å²) in [6, 6.07) is 15.3. The standard InChI is InChI=1S/C31H34N4O6/c1-21-7-4-5-9-24(21)30(38)35-25(28(36)33-19-22-8-6-14-32-18-22)20-41-31(35)12-15-34(16-13-31)29(37)23-10-11-26(39-2)27(17-23)40-3/h4-11,14,17-18,25H,12-13,15-16,19-20H2,1-3H3,(H,33,36). The van der Waals surface area contributed by atoms with Crippen LogP contribution in [0.15, 0.2) is 67.0 Å². The van der Waals surface area contributed by atoms with E-state index in [1.165, 1.54) is 7.11 Å². The van der Waals surface area contributed by atoms with Gasteiger partial charge in [-0.05, 0) is 48.4 Å². The van der Waals surface area contributed by atoms with Crippen molar-refractivity contribution in [2.75, 3.05) is 33.9 Å². The fourth-order valence-corrected chi connectivity index (χ4v) is 5.53. The van der Waals surface area contributed by atoms with Gasteiger partial charge in [0.15, 0.2) is 11.5 Å². The fourth-order valence-electron chi connectivity index (χ4n) is 5.53. The zero-order valence-corrected chi connectivity index (χ0v) is 23.5. The van der Waals surface area contributed by atoms with E-state index in [9.17, 15) is 14.4 Å². The van der Waals surface area contributed by atoms with Gasteiger partial charge < -0.3 is 24.4 Å². The van der Waals surface area contributed by atoms with Gasteiger partial charge in [-0.3, -0.25) is 24.3 Å². The lowest BCUT2D eigenvalue weighted by Gasteiger charge is -2.44. The van der Waals surface area contributed by atoms with Crippen molar-refractivity contribution >= 4 is 17.7 Å². The second kappa shape index (κ2) is 12.0. The van der Waals surface area contributed by atoms with Crippen LogP contribution in [0.5, 0.6) is 11.5 Å². The Morgan fingerprint density at radius 1 is 1.00 bits per heavy atom. The summed E-state index contributed by atoms with van der Waals surface area (Å²) in [6.07, 6.45) is 4.10. The maximum absolute atomic E-state index is 14.0. The molecule has 0 saturated carbocycles. The summed E-state index contributed by atoms with van der Waals surface area (Å²) in [4.78, 5) is 48.3. The van der Waals surface area contributed by atoms with Crippen molar-refractivity contribution in [2.45, 2.75) is 38.1 Å². The van der Waals surface area contributed by atoms with Gasteiger partial charge >= 0.3 is 0 Å². The summed E-state index contributed by atoms with van der Waals surface area (Å²) in [5, 5.41) is 2.94. The minimum absolute atomic E-state index is 0.0696. The van der Waals surface area contributed by atoms with Crippen molar-refractivity contribution < 1.29 is 28.6 Å². The maximum atomic E-state index is 14.0. The van der Waals surface area contributed by atoms with Crippen LogP contribution in [0, 0.1) is 6.92 Å². The van der Waals surface area contributed by atoms with Crippen LogP contribution in [0.3, 0.4) is 0 Å². The first-order valence-electron chi connectivity index (χ1n) is 13.6. The van der Waals surface area contributed by atoms with Gasteiger partial charge in [-0.15, -0.1) is 0 Å². The van der Waals surface area contributed by atoms with Crippen LogP contribution in [0.1, 0.15) is 44.7 Å². The summed E-state index contributed by atoms with van der Waals surface area (Å²) < 4.78 is 17.0. The predicted molar refractivity (Wildman–Crippen MR) is 151 cm³/mol. The number of methoxy groups -OCH3 is 2. The number of nitrogens with zero attached hydrogens (tertiary/aromatic N) is 3. The van der Waals surface area contributed by atoms with Crippen LogP contribution >= 0.6 is 0 Å². The highest BCUT2D eigenvalue weighted by molar-refractivity contribution is 5.99.